The summed E-state index contributed by atoms with van der Waals surface area (Å²) in [6.45, 7) is 5.17. The molecule has 0 saturated carbocycles. The third kappa shape index (κ3) is 6.34. The summed E-state index contributed by atoms with van der Waals surface area (Å²) in [5.41, 5.74) is 0. The summed E-state index contributed by atoms with van der Waals surface area (Å²) in [4.78, 5) is -0.0886. The van der Waals surface area contributed by atoms with Crippen LogP contribution in [0.5, 0.6) is 0 Å². The Kier molecular flexibility index (Phi) is 6.85. The zero-order valence-corrected chi connectivity index (χ0v) is 8.04. The first kappa shape index (κ1) is 13.5. The highest BCUT2D eigenvalue weighted by molar-refractivity contribution is 7.89. The first-order valence-corrected chi connectivity index (χ1v) is 4.57. The maximum absolute atomic E-state index is 10.3. The SMILES string of the molecule is C=C(CCCC)S(=O)(=O)O.Cl. The smallest absolute Gasteiger partial charge is 0.282 e. The van der Waals surface area contributed by atoms with Crippen molar-refractivity contribution in [3.8, 4) is 0 Å². The molecule has 0 fully saturated rings. The van der Waals surface area contributed by atoms with Crippen LogP contribution in [0.2, 0.25) is 0 Å². The van der Waals surface area contributed by atoms with Crippen molar-refractivity contribution in [3.63, 3.8) is 0 Å². The van der Waals surface area contributed by atoms with Gasteiger partial charge in [-0.05, 0) is 12.8 Å². The fraction of sp³-hybridized carbons (Fsp3) is 0.667. The summed E-state index contributed by atoms with van der Waals surface area (Å²) < 4.78 is 29.0. The first-order valence-electron chi connectivity index (χ1n) is 3.13. The summed E-state index contributed by atoms with van der Waals surface area (Å²) in [5, 5.41) is 0. The predicted octanol–water partition coefficient (Wildman–Crippen LogP) is 2.00. The normalized spacial score (nSPS) is 10.4. The topological polar surface area (TPSA) is 54.4 Å². The van der Waals surface area contributed by atoms with Gasteiger partial charge < -0.3 is 0 Å². The summed E-state index contributed by atoms with van der Waals surface area (Å²) in [6.07, 6.45) is 2.00. The van der Waals surface area contributed by atoms with Crippen LogP contribution in [0.3, 0.4) is 0 Å². The number of allylic oxidation sites excluding steroid dienone is 1. The molecule has 0 bridgehead atoms. The predicted molar refractivity (Wildman–Crippen MR) is 47.5 cm³/mol. The molecule has 0 atom stereocenters. The third-order valence-electron chi connectivity index (χ3n) is 1.17. The van der Waals surface area contributed by atoms with Gasteiger partial charge in [-0.15, -0.1) is 12.4 Å². The molecule has 0 rings (SSSR count). The second-order valence-electron chi connectivity index (χ2n) is 2.12. The van der Waals surface area contributed by atoms with Crippen molar-refractivity contribution in [1.29, 1.82) is 0 Å². The molecular weight excluding hydrogens is 188 g/mol. The number of unbranched alkanes of at least 4 members (excludes halogenated alkanes) is 1. The van der Waals surface area contributed by atoms with Gasteiger partial charge in [0.1, 0.15) is 0 Å². The van der Waals surface area contributed by atoms with E-state index in [9.17, 15) is 8.42 Å². The number of halogens is 1. The molecule has 0 aliphatic carbocycles. The van der Waals surface area contributed by atoms with Gasteiger partial charge in [0.05, 0.1) is 4.91 Å². The molecule has 0 unspecified atom stereocenters. The molecule has 0 amide bonds. The van der Waals surface area contributed by atoms with Crippen LogP contribution < -0.4 is 0 Å². The van der Waals surface area contributed by atoms with Gasteiger partial charge in [0.2, 0.25) is 0 Å². The molecule has 0 aliphatic heterocycles. The maximum Gasteiger partial charge on any atom is 0.290 e. The molecule has 0 aromatic carbocycles. The lowest BCUT2D eigenvalue weighted by atomic mass is 10.2. The van der Waals surface area contributed by atoms with Gasteiger partial charge in [-0.25, -0.2) is 0 Å². The van der Waals surface area contributed by atoms with Crippen LogP contribution in [-0.2, 0) is 10.1 Å². The standard InChI is InChI=1S/C6H12O3S.ClH/c1-3-4-5-6(2)10(7,8)9;/h2-5H2,1H3,(H,7,8,9);1H. The molecule has 5 heteroatoms. The molecule has 1 N–H and O–H groups in total. The van der Waals surface area contributed by atoms with Crippen LogP contribution in [0.15, 0.2) is 11.5 Å². The van der Waals surface area contributed by atoms with Gasteiger partial charge in [-0.1, -0.05) is 19.9 Å². The highest BCUT2D eigenvalue weighted by Gasteiger charge is 2.08. The average Bonchev–Trinajstić information content (AvgIpc) is 1.80. The minimum absolute atomic E-state index is 0. The average molecular weight is 201 g/mol. The second kappa shape index (κ2) is 5.57. The van der Waals surface area contributed by atoms with Crippen LogP contribution in [0.1, 0.15) is 26.2 Å². The Morgan fingerprint density at radius 2 is 2.00 bits per heavy atom. The Morgan fingerprint density at radius 1 is 1.55 bits per heavy atom. The van der Waals surface area contributed by atoms with Crippen molar-refractivity contribution in [3.05, 3.63) is 11.5 Å². The minimum Gasteiger partial charge on any atom is -0.282 e. The summed E-state index contributed by atoms with van der Waals surface area (Å²) in [7, 11) is -3.97. The molecule has 0 radical (unpaired) electrons. The van der Waals surface area contributed by atoms with Crippen molar-refractivity contribution in [2.75, 3.05) is 0 Å². The molecule has 11 heavy (non-hydrogen) atoms. The van der Waals surface area contributed by atoms with Crippen LogP contribution >= 0.6 is 12.4 Å². The van der Waals surface area contributed by atoms with Crippen LogP contribution in [0, 0.1) is 0 Å². The summed E-state index contributed by atoms with van der Waals surface area (Å²) in [5.74, 6) is 0. The van der Waals surface area contributed by atoms with Gasteiger partial charge >= 0.3 is 0 Å². The van der Waals surface area contributed by atoms with E-state index in [4.69, 9.17) is 4.55 Å². The Balaban J connectivity index is 0. The Morgan fingerprint density at radius 3 is 2.27 bits per heavy atom. The Bertz CT molecular complexity index is 208. The zero-order chi connectivity index (χ0) is 8.20. The highest BCUT2D eigenvalue weighted by Crippen LogP contribution is 2.09. The largest absolute Gasteiger partial charge is 0.290 e. The summed E-state index contributed by atoms with van der Waals surface area (Å²) >= 11 is 0. The van der Waals surface area contributed by atoms with Gasteiger partial charge in [-0.2, -0.15) is 8.42 Å². The van der Waals surface area contributed by atoms with Gasteiger partial charge in [0, 0.05) is 0 Å². The molecule has 3 nitrogen and oxygen atoms in total. The highest BCUT2D eigenvalue weighted by atomic mass is 35.5. The molecule has 0 spiro atoms. The lowest BCUT2D eigenvalue weighted by molar-refractivity contribution is 0.488. The summed E-state index contributed by atoms with van der Waals surface area (Å²) in [6, 6.07) is 0. The fourth-order valence-corrected chi connectivity index (χ4v) is 0.905. The van der Waals surface area contributed by atoms with Gasteiger partial charge in [-0.3, -0.25) is 4.55 Å². The number of rotatable bonds is 4. The first-order chi connectivity index (χ1) is 4.48. The van der Waals surface area contributed by atoms with Gasteiger partial charge in [0.25, 0.3) is 10.1 Å². The van der Waals surface area contributed by atoms with E-state index in [1.807, 2.05) is 6.92 Å². The number of hydrogen-bond donors (Lipinski definition) is 1. The lowest BCUT2D eigenvalue weighted by Gasteiger charge is -1.98. The molecule has 68 valence electrons. The van der Waals surface area contributed by atoms with E-state index in [0.717, 1.165) is 12.8 Å². The van der Waals surface area contributed by atoms with Crippen LogP contribution in [0.25, 0.3) is 0 Å². The van der Waals surface area contributed by atoms with Crippen molar-refractivity contribution in [1.82, 2.24) is 0 Å². The fourth-order valence-electron chi connectivity index (χ4n) is 0.503. The van der Waals surface area contributed by atoms with E-state index in [2.05, 4.69) is 6.58 Å². The van der Waals surface area contributed by atoms with E-state index in [1.165, 1.54) is 0 Å². The van der Waals surface area contributed by atoms with Crippen LogP contribution in [0.4, 0.5) is 0 Å². The van der Waals surface area contributed by atoms with E-state index in [1.54, 1.807) is 0 Å². The van der Waals surface area contributed by atoms with E-state index in [0.29, 0.717) is 6.42 Å². The lowest BCUT2D eigenvalue weighted by Crippen LogP contribution is -1.99. The quantitative estimate of drug-likeness (QED) is 0.707. The van der Waals surface area contributed by atoms with Gasteiger partial charge in [0.15, 0.2) is 0 Å². The minimum atomic E-state index is -3.97. The molecule has 0 aliphatic rings. The van der Waals surface area contributed by atoms with Crippen molar-refractivity contribution < 1.29 is 13.0 Å². The second-order valence-corrected chi connectivity index (χ2v) is 3.64. The molecule has 0 aromatic rings. The third-order valence-corrected chi connectivity index (χ3v) is 2.11. The molecule has 0 heterocycles. The molecular formula is C6H13ClO3S. The Hall–Kier alpha value is -0.0600. The monoisotopic (exact) mass is 200 g/mol. The van der Waals surface area contributed by atoms with Crippen molar-refractivity contribution in [2.24, 2.45) is 0 Å². The van der Waals surface area contributed by atoms with Crippen LogP contribution in [-0.4, -0.2) is 13.0 Å². The molecule has 0 saturated heterocycles. The van der Waals surface area contributed by atoms with E-state index < -0.39 is 10.1 Å². The number of hydrogen-bond acceptors (Lipinski definition) is 2. The molecule has 0 aromatic heterocycles. The van der Waals surface area contributed by atoms with E-state index in [-0.39, 0.29) is 17.3 Å². The maximum atomic E-state index is 10.3. The van der Waals surface area contributed by atoms with Crippen molar-refractivity contribution >= 4 is 22.5 Å². The van der Waals surface area contributed by atoms with E-state index >= 15 is 0 Å². The Labute approximate surface area is 73.7 Å². The zero-order valence-electron chi connectivity index (χ0n) is 6.41. The van der Waals surface area contributed by atoms with Crippen molar-refractivity contribution in [2.45, 2.75) is 26.2 Å².